The zero-order valence-electron chi connectivity index (χ0n) is 27.3. The smallest absolute Gasteiger partial charge is 0.410 e. The molecule has 0 saturated heterocycles. The van der Waals surface area contributed by atoms with Gasteiger partial charge in [-0.15, -0.1) is 0 Å². The number of aliphatic carboxylic acids is 1. The van der Waals surface area contributed by atoms with Crippen molar-refractivity contribution in [2.75, 3.05) is 39.3 Å². The van der Waals surface area contributed by atoms with Gasteiger partial charge in [-0.2, -0.15) is 0 Å². The first kappa shape index (κ1) is 38.5. The molecule has 0 fully saturated rings. The third-order valence-electron chi connectivity index (χ3n) is 4.63. The van der Waals surface area contributed by atoms with Crippen LogP contribution < -0.4 is 10.6 Å². The van der Waals surface area contributed by atoms with E-state index < -0.39 is 58.7 Å². The lowest BCUT2D eigenvalue weighted by molar-refractivity contribution is -0.142. The summed E-state index contributed by atoms with van der Waals surface area (Å²) in [4.78, 5) is 64.7. The maximum absolute atomic E-state index is 13.0. The van der Waals surface area contributed by atoms with E-state index in [0.29, 0.717) is 0 Å². The molecule has 14 heteroatoms. The maximum atomic E-state index is 13.0. The number of ether oxygens (including phenoxy) is 4. The first-order chi connectivity index (χ1) is 18.8. The fourth-order valence-corrected chi connectivity index (χ4v) is 3.13. The van der Waals surface area contributed by atoms with Crippen molar-refractivity contribution in [2.45, 2.75) is 105 Å². The molecule has 0 aliphatic heterocycles. The molecule has 0 radical (unpaired) electrons. The van der Waals surface area contributed by atoms with Crippen LogP contribution in [0.5, 0.6) is 0 Å². The number of hydrogen-bond acceptors (Lipinski definition) is 9. The summed E-state index contributed by atoms with van der Waals surface area (Å²) in [7, 11) is 0. The number of amides is 4. The van der Waals surface area contributed by atoms with Crippen LogP contribution in [0.3, 0.4) is 0 Å². The molecule has 0 aliphatic rings. The van der Waals surface area contributed by atoms with Gasteiger partial charge < -0.3 is 44.5 Å². The number of alkyl carbamates (subject to hydrolysis) is 2. The normalized spacial score (nSPS) is 12.2. The fraction of sp³-hybridized carbons (Fsp3) is 0.821. The van der Waals surface area contributed by atoms with Crippen molar-refractivity contribution < 1.29 is 48.0 Å². The molecule has 14 nitrogen and oxygen atoms in total. The highest BCUT2D eigenvalue weighted by atomic mass is 16.6. The third-order valence-corrected chi connectivity index (χ3v) is 4.63. The van der Waals surface area contributed by atoms with Gasteiger partial charge in [-0.3, -0.25) is 4.79 Å². The Morgan fingerprint density at radius 1 is 0.571 bits per heavy atom. The summed E-state index contributed by atoms with van der Waals surface area (Å²) in [5.74, 6) is -2.55. The molecule has 0 aliphatic carbocycles. The number of carbonyl (C=O) groups is 5. The molecule has 0 aromatic rings. The highest BCUT2D eigenvalue weighted by Gasteiger charge is 2.32. The monoisotopic (exact) mass is 604 g/mol. The Balaban J connectivity index is 5.81. The van der Waals surface area contributed by atoms with E-state index in [9.17, 15) is 29.1 Å². The van der Waals surface area contributed by atoms with Crippen LogP contribution in [0.25, 0.3) is 0 Å². The number of carbonyl (C=O) groups excluding carboxylic acids is 4. The molecule has 0 aromatic heterocycles. The molecule has 3 N–H and O–H groups in total. The SMILES string of the molecule is CC(C)(C)OC(=O)NCCN(CC(CN(CCNC(=O)OC(C)(C)C)C(=O)OC(C)(C)C)C(=O)O)C(=O)OC(C)(C)C. The minimum Gasteiger partial charge on any atom is -0.481 e. The number of nitrogens with one attached hydrogen (secondary N) is 2. The van der Waals surface area contributed by atoms with Gasteiger partial charge in [-0.05, 0) is 83.1 Å². The van der Waals surface area contributed by atoms with Crippen LogP contribution in [0.1, 0.15) is 83.1 Å². The van der Waals surface area contributed by atoms with Gasteiger partial charge in [0.15, 0.2) is 0 Å². The number of carboxylic acid groups (broad SMARTS) is 1. The number of nitrogens with zero attached hydrogens (tertiary/aromatic N) is 2. The summed E-state index contributed by atoms with van der Waals surface area (Å²) in [5, 5.41) is 15.1. The van der Waals surface area contributed by atoms with E-state index in [1.54, 1.807) is 83.1 Å². The van der Waals surface area contributed by atoms with Gasteiger partial charge in [0.25, 0.3) is 0 Å². The Kier molecular flexibility index (Phi) is 14.4. The highest BCUT2D eigenvalue weighted by molar-refractivity contribution is 5.75. The van der Waals surface area contributed by atoms with E-state index in [1.807, 2.05) is 0 Å². The van der Waals surface area contributed by atoms with Gasteiger partial charge in [0.05, 0.1) is 5.92 Å². The molecule has 0 bridgehead atoms. The van der Waals surface area contributed by atoms with Crippen LogP contribution in [0.2, 0.25) is 0 Å². The van der Waals surface area contributed by atoms with Gasteiger partial charge in [-0.25, -0.2) is 19.2 Å². The lowest BCUT2D eigenvalue weighted by Gasteiger charge is -2.32. The van der Waals surface area contributed by atoms with Gasteiger partial charge in [0.2, 0.25) is 0 Å². The summed E-state index contributed by atoms with van der Waals surface area (Å²) in [5.41, 5.74) is -3.20. The topological polar surface area (TPSA) is 173 Å². The van der Waals surface area contributed by atoms with Gasteiger partial charge in [0, 0.05) is 39.3 Å². The van der Waals surface area contributed by atoms with E-state index >= 15 is 0 Å². The molecular weight excluding hydrogens is 552 g/mol. The maximum Gasteiger partial charge on any atom is 0.410 e. The molecule has 0 spiro atoms. The molecule has 0 aromatic carbocycles. The van der Waals surface area contributed by atoms with E-state index in [4.69, 9.17) is 18.9 Å². The van der Waals surface area contributed by atoms with Crippen molar-refractivity contribution >= 4 is 30.3 Å². The summed E-state index contributed by atoms with van der Waals surface area (Å²) in [6.45, 7) is 19.2. The van der Waals surface area contributed by atoms with Crippen LogP contribution in [0.4, 0.5) is 19.2 Å². The molecule has 0 unspecified atom stereocenters. The summed E-state index contributed by atoms with van der Waals surface area (Å²) >= 11 is 0. The second-order valence-electron chi connectivity index (χ2n) is 13.7. The molecular formula is C28H52N4O10. The quantitative estimate of drug-likeness (QED) is 0.290. The number of hydrogen-bond donors (Lipinski definition) is 3. The highest BCUT2D eigenvalue weighted by Crippen LogP contribution is 2.15. The van der Waals surface area contributed by atoms with Gasteiger partial charge >= 0.3 is 30.3 Å². The van der Waals surface area contributed by atoms with Crippen LogP contribution >= 0.6 is 0 Å². The Morgan fingerprint density at radius 3 is 1.10 bits per heavy atom. The number of rotatable bonds is 11. The Hall–Kier alpha value is -3.45. The minimum absolute atomic E-state index is 0.0456. The van der Waals surface area contributed by atoms with Gasteiger partial charge in [-0.1, -0.05) is 0 Å². The molecule has 42 heavy (non-hydrogen) atoms. The standard InChI is InChI=1S/C28H52N4O10/c1-25(2,3)39-21(35)29-13-15-31(23(37)41-27(7,8)9)17-19(20(33)34)18-32(24(38)42-28(10,11)12)16-14-30-22(36)40-26(4,5)6/h19H,13-18H2,1-12H3,(H,29,35)(H,30,36)(H,33,34). The van der Waals surface area contributed by atoms with E-state index in [2.05, 4.69) is 10.6 Å². The van der Waals surface area contributed by atoms with Crippen molar-refractivity contribution in [1.82, 2.24) is 20.4 Å². The average molecular weight is 605 g/mol. The largest absolute Gasteiger partial charge is 0.481 e. The third kappa shape index (κ3) is 19.6. The van der Waals surface area contributed by atoms with Crippen LogP contribution in [-0.4, -0.2) is 107 Å². The van der Waals surface area contributed by atoms with Crippen LogP contribution in [-0.2, 0) is 23.7 Å². The first-order valence-electron chi connectivity index (χ1n) is 13.9. The zero-order valence-corrected chi connectivity index (χ0v) is 27.3. The predicted octanol–water partition coefficient (Wildman–Crippen LogP) is 4.21. The van der Waals surface area contributed by atoms with E-state index in [1.165, 1.54) is 0 Å². The van der Waals surface area contributed by atoms with Crippen molar-refractivity contribution in [1.29, 1.82) is 0 Å². The predicted molar refractivity (Wildman–Crippen MR) is 155 cm³/mol. The zero-order chi connectivity index (χ0) is 33.1. The lowest BCUT2D eigenvalue weighted by atomic mass is 10.1. The lowest BCUT2D eigenvalue weighted by Crippen LogP contribution is -2.49. The first-order valence-corrected chi connectivity index (χ1v) is 13.9. The van der Waals surface area contributed by atoms with E-state index in [0.717, 1.165) is 9.80 Å². The van der Waals surface area contributed by atoms with E-state index in [-0.39, 0.29) is 39.3 Å². The Morgan fingerprint density at radius 2 is 0.857 bits per heavy atom. The van der Waals surface area contributed by atoms with Crippen molar-refractivity contribution in [3.05, 3.63) is 0 Å². The van der Waals surface area contributed by atoms with Crippen molar-refractivity contribution in [3.8, 4) is 0 Å². The molecule has 0 heterocycles. The van der Waals surface area contributed by atoms with Gasteiger partial charge in [0.1, 0.15) is 22.4 Å². The fourth-order valence-electron chi connectivity index (χ4n) is 3.13. The summed E-state index contributed by atoms with van der Waals surface area (Å²) < 4.78 is 21.3. The minimum atomic E-state index is -1.28. The summed E-state index contributed by atoms with van der Waals surface area (Å²) in [6, 6.07) is 0. The molecule has 0 rings (SSSR count). The second-order valence-corrected chi connectivity index (χ2v) is 13.7. The van der Waals surface area contributed by atoms with Crippen molar-refractivity contribution in [3.63, 3.8) is 0 Å². The van der Waals surface area contributed by atoms with Crippen molar-refractivity contribution in [2.24, 2.45) is 5.92 Å². The number of carboxylic acids is 1. The second kappa shape index (κ2) is 15.7. The average Bonchev–Trinajstić information content (AvgIpc) is 2.71. The Labute approximate surface area is 249 Å². The molecule has 4 amide bonds. The van der Waals surface area contributed by atoms with Crippen LogP contribution in [0, 0.1) is 5.92 Å². The Bertz CT molecular complexity index is 859. The molecule has 0 saturated carbocycles. The summed E-state index contributed by atoms with van der Waals surface area (Å²) in [6.07, 6.45) is -2.99. The molecule has 0 atom stereocenters. The van der Waals surface area contributed by atoms with Crippen LogP contribution in [0.15, 0.2) is 0 Å². The molecule has 244 valence electrons.